The normalized spacial score (nSPS) is 23.2. The Morgan fingerprint density at radius 1 is 1.07 bits per heavy atom. The lowest BCUT2D eigenvalue weighted by molar-refractivity contribution is -0.126. The van der Waals surface area contributed by atoms with Crippen LogP contribution in [0.3, 0.4) is 0 Å². The fourth-order valence-electron chi connectivity index (χ4n) is 4.23. The molecule has 2 fully saturated rings. The number of likely N-dealkylation sites (tertiary alicyclic amines) is 2. The minimum absolute atomic E-state index is 0.0869. The van der Waals surface area contributed by atoms with Gasteiger partial charge in [0.25, 0.3) is 0 Å². The summed E-state index contributed by atoms with van der Waals surface area (Å²) in [7, 11) is 0. The van der Waals surface area contributed by atoms with Crippen LogP contribution in [-0.4, -0.2) is 60.5 Å². The molecule has 0 radical (unpaired) electrons. The van der Waals surface area contributed by atoms with Crippen LogP contribution in [0.1, 0.15) is 45.4 Å². The van der Waals surface area contributed by atoms with Gasteiger partial charge in [0.1, 0.15) is 0 Å². The largest absolute Gasteiger partial charge is 0.356 e. The van der Waals surface area contributed by atoms with Gasteiger partial charge in [-0.15, -0.1) is 0 Å². The second-order valence-corrected chi connectivity index (χ2v) is 8.11. The van der Waals surface area contributed by atoms with E-state index in [2.05, 4.69) is 22.5 Å². The third-order valence-corrected chi connectivity index (χ3v) is 5.97. The molecule has 2 heterocycles. The Bertz CT molecular complexity index is 637. The molecule has 3 rings (SSSR count). The number of rotatable bonds is 6. The summed E-state index contributed by atoms with van der Waals surface area (Å²) >= 11 is 0. The van der Waals surface area contributed by atoms with Gasteiger partial charge in [-0.05, 0) is 57.7 Å². The first-order valence-corrected chi connectivity index (χ1v) is 10.8. The molecule has 2 N–H and O–H groups in total. The number of para-hydroxylation sites is 1. The molecule has 0 aromatic heterocycles. The molecule has 0 aliphatic carbocycles. The number of carbonyl (C=O) groups is 2. The van der Waals surface area contributed by atoms with Gasteiger partial charge in [0.15, 0.2) is 0 Å². The van der Waals surface area contributed by atoms with Crippen molar-refractivity contribution in [3.05, 3.63) is 30.3 Å². The molecule has 154 valence electrons. The van der Waals surface area contributed by atoms with Crippen LogP contribution in [0, 0.1) is 5.92 Å². The van der Waals surface area contributed by atoms with Gasteiger partial charge < -0.3 is 20.4 Å². The average molecular weight is 387 g/mol. The van der Waals surface area contributed by atoms with Crippen LogP contribution in [0.15, 0.2) is 30.3 Å². The van der Waals surface area contributed by atoms with Crippen molar-refractivity contribution >= 4 is 17.6 Å². The molecule has 0 bridgehead atoms. The first-order valence-electron chi connectivity index (χ1n) is 10.8. The molecule has 2 aliphatic heterocycles. The van der Waals surface area contributed by atoms with E-state index in [0.717, 1.165) is 38.0 Å². The van der Waals surface area contributed by atoms with Crippen molar-refractivity contribution in [2.45, 2.75) is 51.5 Å². The van der Waals surface area contributed by atoms with Crippen LogP contribution >= 0.6 is 0 Å². The highest BCUT2D eigenvalue weighted by atomic mass is 16.2. The molecule has 0 unspecified atom stereocenters. The molecule has 1 aromatic rings. The molecular weight excluding hydrogens is 352 g/mol. The first kappa shape index (κ1) is 20.6. The van der Waals surface area contributed by atoms with Crippen molar-refractivity contribution in [1.29, 1.82) is 0 Å². The monoisotopic (exact) mass is 386 g/mol. The van der Waals surface area contributed by atoms with Gasteiger partial charge in [-0.25, -0.2) is 4.79 Å². The second kappa shape index (κ2) is 10.5. The number of amides is 3. The molecule has 0 saturated carbocycles. The maximum Gasteiger partial charge on any atom is 0.321 e. The van der Waals surface area contributed by atoms with E-state index in [1.165, 1.54) is 25.8 Å². The third kappa shape index (κ3) is 5.96. The Morgan fingerprint density at radius 3 is 2.68 bits per heavy atom. The predicted octanol–water partition coefficient (Wildman–Crippen LogP) is 3.31. The number of urea groups is 1. The number of nitrogens with one attached hydrogen (secondary N) is 2. The maximum atomic E-state index is 12.6. The summed E-state index contributed by atoms with van der Waals surface area (Å²) in [6, 6.07) is 9.99. The zero-order valence-electron chi connectivity index (χ0n) is 17.0. The predicted molar refractivity (Wildman–Crippen MR) is 112 cm³/mol. The molecule has 2 aliphatic rings. The Hall–Kier alpha value is -2.08. The number of nitrogens with zero attached hydrogens (tertiary/aromatic N) is 2. The zero-order valence-corrected chi connectivity index (χ0v) is 17.0. The van der Waals surface area contributed by atoms with Crippen LogP contribution in [-0.2, 0) is 4.79 Å². The number of benzene rings is 1. The standard InChI is InChI=1S/C22H34N4O2/c1-18-9-5-6-14-25(18)16-8-13-23-21(27)19-10-7-15-26(17-19)22(28)24-20-11-3-2-4-12-20/h2-4,11-12,18-19H,5-10,13-17H2,1H3,(H,23,27)(H,24,28)/t18-,19-/m1/s1. The number of carbonyl (C=O) groups excluding carboxylic acids is 2. The van der Waals surface area contributed by atoms with E-state index in [0.29, 0.717) is 19.1 Å². The molecule has 1 aromatic carbocycles. The van der Waals surface area contributed by atoms with Gasteiger partial charge in [0.2, 0.25) is 5.91 Å². The minimum Gasteiger partial charge on any atom is -0.356 e. The number of hydrogen-bond donors (Lipinski definition) is 2. The molecule has 28 heavy (non-hydrogen) atoms. The molecule has 3 amide bonds. The molecule has 2 atom stereocenters. The summed E-state index contributed by atoms with van der Waals surface area (Å²) in [6.07, 6.45) is 6.62. The molecule has 6 nitrogen and oxygen atoms in total. The van der Waals surface area contributed by atoms with Crippen LogP contribution < -0.4 is 10.6 Å². The summed E-state index contributed by atoms with van der Waals surface area (Å²) in [5.41, 5.74) is 0.783. The van der Waals surface area contributed by atoms with E-state index in [9.17, 15) is 9.59 Å². The maximum absolute atomic E-state index is 12.6. The van der Waals surface area contributed by atoms with E-state index < -0.39 is 0 Å². The smallest absolute Gasteiger partial charge is 0.321 e. The summed E-state index contributed by atoms with van der Waals surface area (Å²) in [5.74, 6) is -0.0203. The van der Waals surface area contributed by atoms with Crippen molar-refractivity contribution in [2.75, 3.05) is 38.0 Å². The van der Waals surface area contributed by atoms with Crippen LogP contribution in [0.4, 0.5) is 10.5 Å². The lowest BCUT2D eigenvalue weighted by atomic mass is 9.97. The van der Waals surface area contributed by atoms with Gasteiger partial charge in [0.05, 0.1) is 5.92 Å². The fourth-order valence-corrected chi connectivity index (χ4v) is 4.23. The molecule has 2 saturated heterocycles. The second-order valence-electron chi connectivity index (χ2n) is 8.11. The van der Waals surface area contributed by atoms with Gasteiger partial charge in [0, 0.05) is 37.9 Å². The van der Waals surface area contributed by atoms with Gasteiger partial charge in [-0.3, -0.25) is 4.79 Å². The zero-order chi connectivity index (χ0) is 19.8. The highest BCUT2D eigenvalue weighted by Crippen LogP contribution is 2.19. The SMILES string of the molecule is C[C@@H]1CCCCN1CCCNC(=O)[C@@H]1CCCN(C(=O)Nc2ccccc2)C1. The summed E-state index contributed by atoms with van der Waals surface area (Å²) in [4.78, 5) is 29.3. The Balaban J connectivity index is 1.38. The summed E-state index contributed by atoms with van der Waals surface area (Å²) in [6.45, 7) is 6.45. The van der Waals surface area contributed by atoms with E-state index in [-0.39, 0.29) is 17.9 Å². The fraction of sp³-hybridized carbons (Fsp3) is 0.636. The van der Waals surface area contributed by atoms with Crippen molar-refractivity contribution in [3.63, 3.8) is 0 Å². The van der Waals surface area contributed by atoms with Crippen LogP contribution in [0.5, 0.6) is 0 Å². The Labute approximate surface area is 168 Å². The topological polar surface area (TPSA) is 64.7 Å². The van der Waals surface area contributed by atoms with E-state index in [4.69, 9.17) is 0 Å². The van der Waals surface area contributed by atoms with Crippen molar-refractivity contribution in [1.82, 2.24) is 15.1 Å². The van der Waals surface area contributed by atoms with Crippen molar-refractivity contribution in [2.24, 2.45) is 5.92 Å². The van der Waals surface area contributed by atoms with Crippen molar-refractivity contribution in [3.8, 4) is 0 Å². The van der Waals surface area contributed by atoms with E-state index >= 15 is 0 Å². The number of hydrogen-bond acceptors (Lipinski definition) is 3. The summed E-state index contributed by atoms with van der Waals surface area (Å²) < 4.78 is 0. The lowest BCUT2D eigenvalue weighted by Gasteiger charge is -2.33. The lowest BCUT2D eigenvalue weighted by Crippen LogP contribution is -2.47. The third-order valence-electron chi connectivity index (χ3n) is 5.97. The molecule has 6 heteroatoms. The van der Waals surface area contributed by atoms with Gasteiger partial charge in [-0.2, -0.15) is 0 Å². The highest BCUT2D eigenvalue weighted by Gasteiger charge is 2.28. The van der Waals surface area contributed by atoms with Gasteiger partial charge >= 0.3 is 6.03 Å². The number of piperidine rings is 2. The quantitative estimate of drug-likeness (QED) is 0.737. The van der Waals surface area contributed by atoms with E-state index in [1.54, 1.807) is 4.90 Å². The minimum atomic E-state index is -0.122. The Morgan fingerprint density at radius 2 is 1.89 bits per heavy atom. The van der Waals surface area contributed by atoms with Crippen LogP contribution in [0.2, 0.25) is 0 Å². The average Bonchev–Trinajstić information content (AvgIpc) is 2.73. The van der Waals surface area contributed by atoms with Gasteiger partial charge in [-0.1, -0.05) is 24.6 Å². The first-order chi connectivity index (χ1) is 13.6. The number of anilines is 1. The van der Waals surface area contributed by atoms with Crippen molar-refractivity contribution < 1.29 is 9.59 Å². The summed E-state index contributed by atoms with van der Waals surface area (Å²) in [5, 5.41) is 6.01. The molecule has 0 spiro atoms. The Kier molecular flexibility index (Phi) is 7.71. The van der Waals surface area contributed by atoms with E-state index in [1.807, 2.05) is 30.3 Å². The van der Waals surface area contributed by atoms with Crippen LogP contribution in [0.25, 0.3) is 0 Å². The molecular formula is C22H34N4O2. The highest BCUT2D eigenvalue weighted by molar-refractivity contribution is 5.90.